The molecule has 0 spiro atoms. The van der Waals surface area contributed by atoms with E-state index in [0.29, 0.717) is 11.2 Å². The summed E-state index contributed by atoms with van der Waals surface area (Å²) < 4.78 is 2.90. The molecule has 0 aromatic rings. The second kappa shape index (κ2) is 3.13. The topological polar surface area (TPSA) is 29.1 Å². The van der Waals surface area contributed by atoms with Gasteiger partial charge in [0.2, 0.25) is 5.91 Å². The highest BCUT2D eigenvalue weighted by atomic mass is 32.2. The van der Waals surface area contributed by atoms with Crippen LogP contribution < -0.4 is 4.72 Å². The molecule has 2 atom stereocenters. The summed E-state index contributed by atoms with van der Waals surface area (Å²) in [7, 11) is 0. The Hall–Kier alpha value is -0.440. The van der Waals surface area contributed by atoms with Crippen LogP contribution >= 0.6 is 11.9 Å². The largest absolute Gasteiger partial charge is 0.300 e. The van der Waals surface area contributed by atoms with E-state index in [2.05, 4.69) is 11.3 Å². The van der Waals surface area contributed by atoms with Crippen molar-refractivity contribution in [3.63, 3.8) is 0 Å². The van der Waals surface area contributed by atoms with Crippen LogP contribution in [0.1, 0.15) is 19.3 Å². The molecule has 1 amide bonds. The van der Waals surface area contributed by atoms with Crippen LogP contribution in [0, 0.1) is 11.8 Å². The summed E-state index contributed by atoms with van der Waals surface area (Å²) in [6.07, 6.45) is 5.41. The van der Waals surface area contributed by atoms with Crippen LogP contribution in [0.3, 0.4) is 0 Å². The molecule has 2 nitrogen and oxygen atoms in total. The van der Waals surface area contributed by atoms with Crippen molar-refractivity contribution in [3.8, 4) is 0 Å². The maximum Gasteiger partial charge on any atom is 0.233 e. The average molecular weight is 183 g/mol. The van der Waals surface area contributed by atoms with E-state index in [4.69, 9.17) is 0 Å². The van der Waals surface area contributed by atoms with Gasteiger partial charge in [0.05, 0.1) is 0 Å². The van der Waals surface area contributed by atoms with Crippen LogP contribution in [0.2, 0.25) is 0 Å². The Labute approximate surface area is 76.9 Å². The first-order valence-corrected chi connectivity index (χ1v) is 5.27. The van der Waals surface area contributed by atoms with Crippen LogP contribution in [0.25, 0.3) is 0 Å². The van der Waals surface area contributed by atoms with Gasteiger partial charge in [-0.05, 0) is 37.1 Å². The first-order valence-electron chi connectivity index (χ1n) is 4.39. The second-order valence-corrected chi connectivity index (χ2v) is 4.63. The molecule has 0 radical (unpaired) electrons. The lowest BCUT2D eigenvalue weighted by molar-refractivity contribution is -0.120. The van der Waals surface area contributed by atoms with Crippen LogP contribution in [-0.4, -0.2) is 11.2 Å². The Bertz CT molecular complexity index is 213. The number of carbonyl (C=O) groups is 1. The predicted octanol–water partition coefficient (Wildman–Crippen LogP) is 1.74. The van der Waals surface area contributed by atoms with Crippen molar-refractivity contribution in [2.24, 2.45) is 11.8 Å². The van der Waals surface area contributed by atoms with Crippen molar-refractivity contribution in [1.29, 1.82) is 0 Å². The van der Waals surface area contributed by atoms with Gasteiger partial charge in [0.15, 0.2) is 0 Å². The molecule has 0 bridgehead atoms. The second-order valence-electron chi connectivity index (χ2n) is 3.53. The van der Waals surface area contributed by atoms with Crippen molar-refractivity contribution in [1.82, 2.24) is 4.72 Å². The number of nitrogens with one attached hydrogen (secondary N) is 1. The van der Waals surface area contributed by atoms with E-state index in [9.17, 15) is 4.79 Å². The maximum absolute atomic E-state index is 11.3. The quantitative estimate of drug-likeness (QED) is 0.531. The first-order chi connectivity index (χ1) is 5.81. The summed E-state index contributed by atoms with van der Waals surface area (Å²) in [6, 6.07) is 0. The fourth-order valence-corrected chi connectivity index (χ4v) is 1.99. The Morgan fingerprint density at radius 3 is 2.83 bits per heavy atom. The monoisotopic (exact) mass is 183 g/mol. The summed E-state index contributed by atoms with van der Waals surface area (Å²) in [5, 5.41) is 0.704. The third-order valence-corrected chi connectivity index (χ3v) is 3.45. The molecule has 2 aliphatic carbocycles. The third-order valence-electron chi connectivity index (χ3n) is 2.33. The zero-order chi connectivity index (χ0) is 8.55. The number of allylic oxidation sites excluding steroid dienone is 1. The van der Waals surface area contributed by atoms with Gasteiger partial charge in [-0.25, -0.2) is 0 Å². The van der Waals surface area contributed by atoms with E-state index in [-0.39, 0.29) is 11.8 Å². The molecule has 66 valence electrons. The number of hydrogen-bond acceptors (Lipinski definition) is 2. The molecule has 0 unspecified atom stereocenters. The smallest absolute Gasteiger partial charge is 0.233 e. The molecule has 12 heavy (non-hydrogen) atoms. The molecule has 0 aromatic carbocycles. The summed E-state index contributed by atoms with van der Waals surface area (Å²) in [5.74, 6) is 0.885. The minimum Gasteiger partial charge on any atom is -0.300 e. The minimum absolute atomic E-state index is 0.205. The van der Waals surface area contributed by atoms with Gasteiger partial charge < -0.3 is 0 Å². The first kappa shape index (κ1) is 8.17. The zero-order valence-electron chi connectivity index (χ0n) is 6.95. The average Bonchev–Trinajstić information content (AvgIpc) is 2.94. The van der Waals surface area contributed by atoms with Gasteiger partial charge in [-0.15, -0.1) is 6.58 Å². The number of carbonyl (C=O) groups excluding carboxylic acids is 1. The minimum atomic E-state index is 0.205. The number of rotatable bonds is 4. The Morgan fingerprint density at radius 2 is 2.33 bits per heavy atom. The molecule has 1 N–H and O–H groups in total. The Kier molecular flexibility index (Phi) is 2.13. The highest BCUT2D eigenvalue weighted by molar-refractivity contribution is 7.98. The lowest BCUT2D eigenvalue weighted by Gasteiger charge is -2.00. The third kappa shape index (κ3) is 1.83. The maximum atomic E-state index is 11.3. The molecule has 2 rings (SSSR count). The Balaban J connectivity index is 1.67. The van der Waals surface area contributed by atoms with Gasteiger partial charge in [0, 0.05) is 11.2 Å². The lowest BCUT2D eigenvalue weighted by atomic mass is 10.3. The molecule has 0 heterocycles. The summed E-state index contributed by atoms with van der Waals surface area (Å²) in [6.45, 7) is 3.68. The Morgan fingerprint density at radius 1 is 1.58 bits per heavy atom. The van der Waals surface area contributed by atoms with Crippen LogP contribution in [0.5, 0.6) is 0 Å². The van der Waals surface area contributed by atoms with Crippen molar-refractivity contribution < 1.29 is 4.79 Å². The highest BCUT2D eigenvalue weighted by Crippen LogP contribution is 2.40. The van der Waals surface area contributed by atoms with E-state index in [1.54, 1.807) is 11.9 Å². The normalized spacial score (nSPS) is 32.7. The molecule has 3 heteroatoms. The summed E-state index contributed by atoms with van der Waals surface area (Å²) in [5.41, 5.74) is 0. The fourth-order valence-electron chi connectivity index (χ4n) is 1.18. The molecule has 0 saturated heterocycles. The molecule has 2 fully saturated rings. The molecule has 0 aromatic heterocycles. The van der Waals surface area contributed by atoms with E-state index in [0.717, 1.165) is 6.42 Å². The summed E-state index contributed by atoms with van der Waals surface area (Å²) in [4.78, 5) is 11.3. The van der Waals surface area contributed by atoms with Gasteiger partial charge in [-0.3, -0.25) is 9.52 Å². The van der Waals surface area contributed by atoms with Crippen LogP contribution in [0.15, 0.2) is 12.7 Å². The molecule has 0 aliphatic heterocycles. The van der Waals surface area contributed by atoms with Gasteiger partial charge in [0.25, 0.3) is 0 Å². The van der Waals surface area contributed by atoms with E-state index in [1.165, 1.54) is 12.8 Å². The van der Waals surface area contributed by atoms with E-state index >= 15 is 0 Å². The molecular weight excluding hydrogens is 170 g/mol. The van der Waals surface area contributed by atoms with Crippen molar-refractivity contribution in [3.05, 3.63) is 12.7 Å². The highest BCUT2D eigenvalue weighted by Gasteiger charge is 2.41. The summed E-state index contributed by atoms with van der Waals surface area (Å²) >= 11 is 1.60. The zero-order valence-corrected chi connectivity index (χ0v) is 7.77. The lowest BCUT2D eigenvalue weighted by Crippen LogP contribution is -2.19. The molecular formula is C9H13NOS. The van der Waals surface area contributed by atoms with Gasteiger partial charge in [-0.2, -0.15) is 0 Å². The van der Waals surface area contributed by atoms with Crippen LogP contribution in [0.4, 0.5) is 0 Å². The number of hydrogen-bond donors (Lipinski definition) is 1. The SMILES string of the molecule is C=C[C@@H]1C[C@@H]1C(=O)NSC1CC1. The van der Waals surface area contributed by atoms with Gasteiger partial charge >= 0.3 is 0 Å². The van der Waals surface area contributed by atoms with Gasteiger partial charge in [-0.1, -0.05) is 6.08 Å². The predicted molar refractivity (Wildman–Crippen MR) is 50.5 cm³/mol. The fraction of sp³-hybridized carbons (Fsp3) is 0.667. The molecule has 2 saturated carbocycles. The van der Waals surface area contributed by atoms with Crippen molar-refractivity contribution >= 4 is 17.9 Å². The van der Waals surface area contributed by atoms with Crippen molar-refractivity contribution in [2.45, 2.75) is 24.5 Å². The molecule has 2 aliphatic rings. The van der Waals surface area contributed by atoms with Crippen molar-refractivity contribution in [2.75, 3.05) is 0 Å². The van der Waals surface area contributed by atoms with E-state index in [1.807, 2.05) is 6.08 Å². The standard InChI is InChI=1S/C9H13NOS/c1-2-6-5-8(6)9(11)10-12-7-3-4-7/h2,6-8H,1,3-5H2,(H,10,11)/t6-,8+/m1/s1. The number of amides is 1. The van der Waals surface area contributed by atoms with Crippen LogP contribution in [-0.2, 0) is 4.79 Å². The van der Waals surface area contributed by atoms with E-state index < -0.39 is 0 Å². The van der Waals surface area contributed by atoms with Gasteiger partial charge in [0.1, 0.15) is 0 Å².